The van der Waals surface area contributed by atoms with Crippen LogP contribution < -0.4 is 10.7 Å². The van der Waals surface area contributed by atoms with Crippen LogP contribution >= 0.6 is 11.6 Å². The number of anilines is 1. The maximum Gasteiger partial charge on any atom is 0.439 e. The van der Waals surface area contributed by atoms with Crippen molar-refractivity contribution in [3.8, 4) is 22.9 Å². The number of aromatic nitrogens is 6. The van der Waals surface area contributed by atoms with E-state index in [9.17, 15) is 4.79 Å². The van der Waals surface area contributed by atoms with Crippen LogP contribution in [0.3, 0.4) is 0 Å². The number of morpholine rings is 1. The van der Waals surface area contributed by atoms with Crippen molar-refractivity contribution >= 4 is 28.7 Å². The topological polar surface area (TPSA) is 115 Å². The van der Waals surface area contributed by atoms with Gasteiger partial charge in [-0.25, -0.2) is 19.2 Å². The molecule has 0 unspecified atom stereocenters. The van der Waals surface area contributed by atoms with Gasteiger partial charge in [0.05, 0.1) is 19.3 Å². The Balaban J connectivity index is 1.60. The molecular weight excluding hydrogens is 513 g/mol. The van der Waals surface area contributed by atoms with E-state index in [1.54, 1.807) is 6.07 Å². The molecule has 4 aromatic rings. The highest BCUT2D eigenvalue weighted by atomic mass is 35.5. The summed E-state index contributed by atoms with van der Waals surface area (Å²) >= 11 is 6.30. The summed E-state index contributed by atoms with van der Waals surface area (Å²) in [5.41, 5.74) is 1.55. The smallest absolute Gasteiger partial charge is 0.377 e. The third-order valence-corrected chi connectivity index (χ3v) is 7.85. The van der Waals surface area contributed by atoms with E-state index in [1.165, 1.54) is 25.0 Å². The van der Waals surface area contributed by atoms with E-state index in [0.717, 1.165) is 24.7 Å². The predicted octanol–water partition coefficient (Wildman–Crippen LogP) is 4.68. The van der Waals surface area contributed by atoms with Gasteiger partial charge in [-0.2, -0.15) is 4.98 Å². The third-order valence-electron chi connectivity index (χ3n) is 7.62. The molecule has 6 rings (SSSR count). The Morgan fingerprint density at radius 2 is 1.97 bits per heavy atom. The number of nitrogens with one attached hydrogen (secondary N) is 1. The van der Waals surface area contributed by atoms with Crippen LogP contribution in [0.1, 0.15) is 39.5 Å². The SMILES string of the molecule is CC1CCC(Cn2c(N3CCOC[C@H]3C)nc3nc(-c4noc(=O)[nH]4)nc(-c4cc(Cl)ccc4F)c32)CC1. The minimum atomic E-state index is -0.737. The van der Waals surface area contributed by atoms with Crippen molar-refractivity contribution in [2.45, 2.75) is 52.1 Å². The molecule has 12 heteroatoms. The second kappa shape index (κ2) is 10.1. The first-order valence-corrected chi connectivity index (χ1v) is 13.4. The van der Waals surface area contributed by atoms with Crippen LogP contribution in [0.5, 0.6) is 0 Å². The van der Waals surface area contributed by atoms with E-state index in [0.29, 0.717) is 54.1 Å². The molecule has 200 valence electrons. The summed E-state index contributed by atoms with van der Waals surface area (Å²) < 4.78 is 27.8. The van der Waals surface area contributed by atoms with Crippen molar-refractivity contribution in [1.29, 1.82) is 0 Å². The molecule has 0 bridgehead atoms. The molecule has 38 heavy (non-hydrogen) atoms. The normalized spacial score (nSPS) is 22.3. The predicted molar refractivity (Wildman–Crippen MR) is 141 cm³/mol. The van der Waals surface area contributed by atoms with E-state index in [2.05, 4.69) is 43.0 Å². The van der Waals surface area contributed by atoms with E-state index in [1.807, 2.05) is 0 Å². The van der Waals surface area contributed by atoms with Gasteiger partial charge < -0.3 is 14.2 Å². The zero-order valence-corrected chi connectivity index (χ0v) is 22.0. The summed E-state index contributed by atoms with van der Waals surface area (Å²) in [5.74, 6) is 0.818. The summed E-state index contributed by atoms with van der Waals surface area (Å²) in [6, 6.07) is 4.45. The molecule has 1 saturated carbocycles. The molecule has 1 saturated heterocycles. The van der Waals surface area contributed by atoms with Gasteiger partial charge in [0.2, 0.25) is 17.6 Å². The van der Waals surface area contributed by atoms with Crippen LogP contribution in [0.4, 0.5) is 10.3 Å². The molecule has 1 aliphatic carbocycles. The number of nitrogens with zero attached hydrogens (tertiary/aromatic N) is 6. The Kier molecular flexibility index (Phi) is 6.65. The van der Waals surface area contributed by atoms with Crippen LogP contribution in [-0.2, 0) is 11.3 Å². The minimum Gasteiger partial charge on any atom is -0.377 e. The number of benzene rings is 1. The van der Waals surface area contributed by atoms with Crippen molar-refractivity contribution < 1.29 is 13.7 Å². The minimum absolute atomic E-state index is 0.0395. The standard InChI is InChI=1S/C26H29ClFN7O3/c1-14-3-5-16(6-4-14)12-35-21-20(18-11-17(27)7-8-19(18)28)29-23(24-32-26(36)38-33-24)30-22(21)31-25(35)34-9-10-37-13-15(34)2/h7-8,11,14-16H,3-6,9-10,12-13H2,1-2H3,(H,32,33,36)/t14?,15-,16?/m1/s1. The fourth-order valence-electron chi connectivity index (χ4n) is 5.51. The monoisotopic (exact) mass is 541 g/mol. The first-order valence-electron chi connectivity index (χ1n) is 13.0. The number of fused-ring (bicyclic) bond motifs is 1. The molecule has 0 amide bonds. The van der Waals surface area contributed by atoms with Crippen molar-refractivity contribution in [1.82, 2.24) is 29.7 Å². The summed E-state index contributed by atoms with van der Waals surface area (Å²) in [5, 5.41) is 4.12. The molecule has 10 nitrogen and oxygen atoms in total. The van der Waals surface area contributed by atoms with E-state index < -0.39 is 11.6 Å². The number of halogens is 2. The number of imidazole rings is 1. The van der Waals surface area contributed by atoms with Gasteiger partial charge in [0.15, 0.2) is 5.65 Å². The Morgan fingerprint density at radius 1 is 1.16 bits per heavy atom. The molecule has 4 heterocycles. The summed E-state index contributed by atoms with van der Waals surface area (Å²) in [6.07, 6.45) is 4.57. The van der Waals surface area contributed by atoms with Crippen LogP contribution in [0, 0.1) is 17.7 Å². The number of hydrogen-bond donors (Lipinski definition) is 1. The first-order chi connectivity index (χ1) is 18.4. The Hall–Kier alpha value is -3.31. The van der Waals surface area contributed by atoms with E-state index >= 15 is 4.39 Å². The second-order valence-electron chi connectivity index (χ2n) is 10.4. The van der Waals surface area contributed by atoms with Gasteiger partial charge in [0, 0.05) is 23.7 Å². The fourth-order valence-corrected chi connectivity index (χ4v) is 5.68. The van der Waals surface area contributed by atoms with Gasteiger partial charge >= 0.3 is 5.76 Å². The number of rotatable bonds is 5. The van der Waals surface area contributed by atoms with Crippen LogP contribution in [0.2, 0.25) is 5.02 Å². The zero-order chi connectivity index (χ0) is 26.4. The van der Waals surface area contributed by atoms with Crippen molar-refractivity contribution in [2.75, 3.05) is 24.7 Å². The van der Waals surface area contributed by atoms with Gasteiger partial charge in [-0.1, -0.05) is 36.5 Å². The molecule has 2 aliphatic rings. The molecule has 1 atom stereocenters. The largest absolute Gasteiger partial charge is 0.439 e. The second-order valence-corrected chi connectivity index (χ2v) is 10.8. The number of hydrogen-bond acceptors (Lipinski definition) is 8. The number of aromatic amines is 1. The van der Waals surface area contributed by atoms with Crippen molar-refractivity contribution in [3.05, 3.63) is 39.6 Å². The maximum absolute atomic E-state index is 15.3. The van der Waals surface area contributed by atoms with Gasteiger partial charge in [0.25, 0.3) is 0 Å². The molecule has 0 radical (unpaired) electrons. The molecule has 1 aliphatic heterocycles. The Labute approximate surface area is 223 Å². The van der Waals surface area contributed by atoms with Gasteiger partial charge in [-0.15, -0.1) is 0 Å². The molecule has 2 fully saturated rings. The molecule has 1 N–H and O–H groups in total. The van der Waals surface area contributed by atoms with Gasteiger partial charge in [0.1, 0.15) is 17.0 Å². The third kappa shape index (κ3) is 4.69. The molecule has 1 aromatic carbocycles. The zero-order valence-electron chi connectivity index (χ0n) is 21.3. The average Bonchev–Trinajstić information content (AvgIpc) is 3.50. The highest BCUT2D eigenvalue weighted by Crippen LogP contribution is 2.37. The first kappa shape index (κ1) is 25.0. The van der Waals surface area contributed by atoms with E-state index in [-0.39, 0.29) is 23.3 Å². The van der Waals surface area contributed by atoms with Gasteiger partial charge in [-0.3, -0.25) is 9.51 Å². The lowest BCUT2D eigenvalue weighted by molar-refractivity contribution is 0.0976. The lowest BCUT2D eigenvalue weighted by Crippen LogP contribution is -2.45. The number of ether oxygens (including phenoxy) is 1. The summed E-state index contributed by atoms with van der Waals surface area (Å²) in [6.45, 7) is 6.94. The fraction of sp³-hybridized carbons (Fsp3) is 0.500. The molecule has 3 aromatic heterocycles. The quantitative estimate of drug-likeness (QED) is 0.387. The maximum atomic E-state index is 15.3. The number of H-pyrrole nitrogens is 1. The highest BCUT2D eigenvalue weighted by Gasteiger charge is 2.30. The van der Waals surface area contributed by atoms with Gasteiger partial charge in [-0.05, 0) is 49.8 Å². The van der Waals surface area contributed by atoms with Crippen LogP contribution in [0.25, 0.3) is 34.1 Å². The van der Waals surface area contributed by atoms with Crippen LogP contribution in [-0.4, -0.2) is 55.5 Å². The van der Waals surface area contributed by atoms with Crippen molar-refractivity contribution in [3.63, 3.8) is 0 Å². The Bertz CT molecular complexity index is 1530. The lowest BCUT2D eigenvalue weighted by atomic mass is 9.83. The average molecular weight is 542 g/mol. The molecular formula is C26H29ClFN7O3. The molecule has 0 spiro atoms. The Morgan fingerprint density at radius 3 is 2.71 bits per heavy atom. The summed E-state index contributed by atoms with van der Waals surface area (Å²) in [7, 11) is 0. The highest BCUT2D eigenvalue weighted by molar-refractivity contribution is 6.30. The van der Waals surface area contributed by atoms with E-state index in [4.69, 9.17) is 26.3 Å². The van der Waals surface area contributed by atoms with Crippen molar-refractivity contribution in [2.24, 2.45) is 11.8 Å². The van der Waals surface area contributed by atoms with Crippen LogP contribution in [0.15, 0.2) is 27.5 Å². The lowest BCUT2D eigenvalue weighted by Gasteiger charge is -2.35. The summed E-state index contributed by atoms with van der Waals surface area (Å²) in [4.78, 5) is 30.7.